The Bertz CT molecular complexity index is 370. The highest BCUT2D eigenvalue weighted by Crippen LogP contribution is 2.22. The fourth-order valence-electron chi connectivity index (χ4n) is 2.29. The summed E-state index contributed by atoms with van der Waals surface area (Å²) in [6.07, 6.45) is 5.27. The quantitative estimate of drug-likeness (QED) is 0.863. The van der Waals surface area contributed by atoms with Crippen LogP contribution in [0.4, 0.5) is 5.69 Å². The molecule has 0 spiro atoms. The molecular formula is C14H23N3O. The van der Waals surface area contributed by atoms with E-state index in [1.807, 2.05) is 12.4 Å². The van der Waals surface area contributed by atoms with E-state index in [-0.39, 0.29) is 0 Å². The monoisotopic (exact) mass is 249 g/mol. The average molecular weight is 249 g/mol. The number of ether oxygens (including phenoxy) is 1. The number of rotatable bonds is 5. The minimum absolute atomic E-state index is 0.353. The van der Waals surface area contributed by atoms with E-state index in [9.17, 15) is 0 Å². The molecule has 0 amide bonds. The number of nitrogens with one attached hydrogen (secondary N) is 1. The van der Waals surface area contributed by atoms with Gasteiger partial charge >= 0.3 is 0 Å². The molecule has 0 saturated carbocycles. The molecule has 100 valence electrons. The Hall–Kier alpha value is -1.13. The zero-order chi connectivity index (χ0) is 12.8. The Morgan fingerprint density at radius 3 is 3.17 bits per heavy atom. The van der Waals surface area contributed by atoms with Gasteiger partial charge in [0.25, 0.3) is 0 Å². The number of pyridine rings is 1. The third kappa shape index (κ3) is 3.21. The third-order valence-electron chi connectivity index (χ3n) is 3.39. The predicted molar refractivity (Wildman–Crippen MR) is 73.9 cm³/mol. The topological polar surface area (TPSA) is 37.4 Å². The fourth-order valence-corrected chi connectivity index (χ4v) is 2.29. The molecule has 4 nitrogen and oxygen atoms in total. The van der Waals surface area contributed by atoms with E-state index >= 15 is 0 Å². The van der Waals surface area contributed by atoms with Crippen molar-refractivity contribution in [3.8, 4) is 0 Å². The van der Waals surface area contributed by atoms with E-state index in [2.05, 4.69) is 35.1 Å². The van der Waals surface area contributed by atoms with Crippen molar-refractivity contribution in [2.24, 2.45) is 0 Å². The molecule has 1 fully saturated rings. The zero-order valence-electron chi connectivity index (χ0n) is 11.4. The SMILES string of the molecule is CCNCc1ccncc1N1CCOC(CC)C1. The molecule has 0 aromatic carbocycles. The number of hydrogen-bond donors (Lipinski definition) is 1. The molecule has 1 unspecified atom stereocenters. The van der Waals surface area contributed by atoms with Gasteiger partial charge in [0.2, 0.25) is 0 Å². The van der Waals surface area contributed by atoms with Crippen LogP contribution in [0.1, 0.15) is 25.8 Å². The van der Waals surface area contributed by atoms with Crippen molar-refractivity contribution < 1.29 is 4.74 Å². The van der Waals surface area contributed by atoms with Crippen molar-refractivity contribution in [3.63, 3.8) is 0 Å². The summed E-state index contributed by atoms with van der Waals surface area (Å²) in [5.74, 6) is 0. The first-order valence-corrected chi connectivity index (χ1v) is 6.85. The summed E-state index contributed by atoms with van der Waals surface area (Å²) in [5, 5.41) is 3.38. The molecule has 1 N–H and O–H groups in total. The number of hydrogen-bond acceptors (Lipinski definition) is 4. The molecule has 2 heterocycles. The van der Waals surface area contributed by atoms with Gasteiger partial charge in [0.15, 0.2) is 0 Å². The highest BCUT2D eigenvalue weighted by Gasteiger charge is 2.20. The lowest BCUT2D eigenvalue weighted by molar-refractivity contribution is 0.0383. The van der Waals surface area contributed by atoms with Crippen molar-refractivity contribution in [1.82, 2.24) is 10.3 Å². The van der Waals surface area contributed by atoms with Crippen LogP contribution in [0.5, 0.6) is 0 Å². The summed E-state index contributed by atoms with van der Waals surface area (Å²) in [7, 11) is 0. The van der Waals surface area contributed by atoms with Crippen molar-refractivity contribution in [2.45, 2.75) is 32.9 Å². The summed E-state index contributed by atoms with van der Waals surface area (Å²) in [6, 6.07) is 2.11. The van der Waals surface area contributed by atoms with Crippen LogP contribution in [-0.2, 0) is 11.3 Å². The van der Waals surface area contributed by atoms with Gasteiger partial charge in [-0.05, 0) is 24.6 Å². The van der Waals surface area contributed by atoms with Crippen molar-refractivity contribution in [2.75, 3.05) is 31.1 Å². The predicted octanol–water partition coefficient (Wildman–Crippen LogP) is 1.81. The van der Waals surface area contributed by atoms with Gasteiger partial charge < -0.3 is 15.0 Å². The van der Waals surface area contributed by atoms with Crippen molar-refractivity contribution >= 4 is 5.69 Å². The maximum atomic E-state index is 5.72. The van der Waals surface area contributed by atoms with Crippen LogP contribution in [0, 0.1) is 0 Å². The van der Waals surface area contributed by atoms with Crippen molar-refractivity contribution in [1.29, 1.82) is 0 Å². The molecule has 0 radical (unpaired) electrons. The molecule has 0 aliphatic carbocycles. The Kier molecular flexibility index (Phi) is 4.96. The van der Waals surface area contributed by atoms with Gasteiger partial charge in [-0.3, -0.25) is 4.98 Å². The van der Waals surface area contributed by atoms with Gasteiger partial charge in [-0.2, -0.15) is 0 Å². The minimum Gasteiger partial charge on any atom is -0.375 e. The molecule has 18 heavy (non-hydrogen) atoms. The Morgan fingerprint density at radius 2 is 2.39 bits per heavy atom. The van der Waals surface area contributed by atoms with E-state index in [0.717, 1.165) is 39.2 Å². The second-order valence-corrected chi connectivity index (χ2v) is 4.63. The molecule has 1 atom stereocenters. The standard InChI is InChI=1S/C14H23N3O/c1-3-13-11-17(7-8-18-13)14-10-16-6-5-12(14)9-15-4-2/h5-6,10,13,15H,3-4,7-9,11H2,1-2H3. The highest BCUT2D eigenvalue weighted by atomic mass is 16.5. The molecule has 0 bridgehead atoms. The normalized spacial score (nSPS) is 20.1. The molecular weight excluding hydrogens is 226 g/mol. The average Bonchev–Trinajstić information content (AvgIpc) is 2.45. The lowest BCUT2D eigenvalue weighted by Crippen LogP contribution is -2.42. The summed E-state index contributed by atoms with van der Waals surface area (Å²) in [5.41, 5.74) is 2.57. The smallest absolute Gasteiger partial charge is 0.0748 e. The van der Waals surface area contributed by atoms with E-state index in [0.29, 0.717) is 6.10 Å². The van der Waals surface area contributed by atoms with Crippen LogP contribution in [0.3, 0.4) is 0 Å². The largest absolute Gasteiger partial charge is 0.375 e. The molecule has 1 aromatic rings. The second kappa shape index (κ2) is 6.71. The van der Waals surface area contributed by atoms with E-state index in [1.165, 1.54) is 11.3 Å². The van der Waals surface area contributed by atoms with Crippen LogP contribution in [0.25, 0.3) is 0 Å². The molecule has 2 rings (SSSR count). The van der Waals surface area contributed by atoms with Gasteiger partial charge in [-0.25, -0.2) is 0 Å². The Balaban J connectivity index is 2.11. The van der Waals surface area contributed by atoms with E-state index in [4.69, 9.17) is 4.74 Å². The number of nitrogens with zero attached hydrogens (tertiary/aromatic N) is 2. The van der Waals surface area contributed by atoms with Gasteiger partial charge in [-0.1, -0.05) is 13.8 Å². The summed E-state index contributed by atoms with van der Waals surface area (Å²) >= 11 is 0. The molecule has 1 saturated heterocycles. The third-order valence-corrected chi connectivity index (χ3v) is 3.39. The fraction of sp³-hybridized carbons (Fsp3) is 0.643. The molecule has 1 aliphatic rings. The molecule has 4 heteroatoms. The zero-order valence-corrected chi connectivity index (χ0v) is 11.4. The van der Waals surface area contributed by atoms with Crippen LogP contribution in [0.15, 0.2) is 18.5 Å². The summed E-state index contributed by atoms with van der Waals surface area (Å²) in [6.45, 7) is 8.95. The summed E-state index contributed by atoms with van der Waals surface area (Å²) < 4.78 is 5.72. The van der Waals surface area contributed by atoms with E-state index in [1.54, 1.807) is 0 Å². The van der Waals surface area contributed by atoms with Gasteiger partial charge in [0, 0.05) is 25.8 Å². The first kappa shape index (κ1) is 13.3. The number of aromatic nitrogens is 1. The highest BCUT2D eigenvalue weighted by molar-refractivity contribution is 5.52. The van der Waals surface area contributed by atoms with Crippen LogP contribution in [-0.4, -0.2) is 37.3 Å². The number of anilines is 1. The van der Waals surface area contributed by atoms with Gasteiger partial charge in [0.05, 0.1) is 24.6 Å². The van der Waals surface area contributed by atoms with Gasteiger partial charge in [-0.15, -0.1) is 0 Å². The first-order valence-electron chi connectivity index (χ1n) is 6.85. The Morgan fingerprint density at radius 1 is 1.50 bits per heavy atom. The minimum atomic E-state index is 0.353. The lowest BCUT2D eigenvalue weighted by Gasteiger charge is -2.35. The Labute approximate surface area is 109 Å². The number of morpholine rings is 1. The molecule has 1 aliphatic heterocycles. The van der Waals surface area contributed by atoms with Gasteiger partial charge in [0.1, 0.15) is 0 Å². The van der Waals surface area contributed by atoms with Crippen LogP contribution < -0.4 is 10.2 Å². The van der Waals surface area contributed by atoms with Crippen LogP contribution in [0.2, 0.25) is 0 Å². The van der Waals surface area contributed by atoms with E-state index < -0.39 is 0 Å². The maximum Gasteiger partial charge on any atom is 0.0748 e. The lowest BCUT2D eigenvalue weighted by atomic mass is 10.1. The first-order chi connectivity index (χ1) is 8.85. The second-order valence-electron chi connectivity index (χ2n) is 4.63. The van der Waals surface area contributed by atoms with Crippen LogP contribution >= 0.6 is 0 Å². The summed E-state index contributed by atoms with van der Waals surface area (Å²) in [4.78, 5) is 6.67. The van der Waals surface area contributed by atoms with Crippen molar-refractivity contribution in [3.05, 3.63) is 24.0 Å². The maximum absolute atomic E-state index is 5.72. The molecule has 1 aromatic heterocycles.